The molecule has 0 saturated carbocycles. The molecular formula is C10H9N3S. The number of nitrogens with zero attached hydrogens (tertiary/aromatic N) is 1. The fraction of sp³-hybridized carbons (Fsp3) is 0. The zero-order chi connectivity index (χ0) is 10.4. The topological polar surface area (TPSA) is 61.8 Å². The van der Waals surface area contributed by atoms with Gasteiger partial charge in [-0.05, 0) is 12.1 Å². The third kappa shape index (κ3) is 2.88. The first-order chi connectivity index (χ1) is 6.74. The van der Waals surface area contributed by atoms with Gasteiger partial charge in [-0.15, -0.1) is 0 Å². The maximum absolute atomic E-state index is 8.65. The van der Waals surface area contributed by atoms with Crippen LogP contribution in [0.2, 0.25) is 0 Å². The summed E-state index contributed by atoms with van der Waals surface area (Å²) in [6.07, 6.45) is 1.50. The summed E-state index contributed by atoms with van der Waals surface area (Å²) in [4.78, 5) is 0.0935. The summed E-state index contributed by atoms with van der Waals surface area (Å²) in [5.41, 5.74) is 6.47. The molecule has 1 aromatic carbocycles. The number of nitrogens with two attached hydrogens (primary N) is 1. The van der Waals surface area contributed by atoms with Crippen molar-refractivity contribution in [2.45, 2.75) is 0 Å². The first-order valence-electron chi connectivity index (χ1n) is 3.95. The van der Waals surface area contributed by atoms with Gasteiger partial charge in [0.1, 0.15) is 16.6 Å². The second-order valence-electron chi connectivity index (χ2n) is 2.54. The first-order valence-corrected chi connectivity index (χ1v) is 4.36. The second kappa shape index (κ2) is 5.00. The van der Waals surface area contributed by atoms with Crippen LogP contribution < -0.4 is 11.1 Å². The van der Waals surface area contributed by atoms with Crippen LogP contribution in [0.4, 0.5) is 5.69 Å². The molecule has 0 atom stereocenters. The maximum atomic E-state index is 8.65. The summed E-state index contributed by atoms with van der Waals surface area (Å²) in [7, 11) is 0. The maximum Gasteiger partial charge on any atom is 0.116 e. The van der Waals surface area contributed by atoms with Crippen molar-refractivity contribution in [2.24, 2.45) is 5.73 Å². The average molecular weight is 203 g/mol. The Morgan fingerprint density at radius 1 is 1.43 bits per heavy atom. The van der Waals surface area contributed by atoms with Crippen molar-refractivity contribution in [3.05, 3.63) is 42.1 Å². The lowest BCUT2D eigenvalue weighted by molar-refractivity contribution is 1.49. The minimum atomic E-state index is 0.0935. The normalized spacial score (nSPS) is 10.4. The van der Waals surface area contributed by atoms with Crippen LogP contribution in [0.15, 0.2) is 42.1 Å². The quantitative estimate of drug-likeness (QED) is 0.446. The van der Waals surface area contributed by atoms with E-state index < -0.39 is 0 Å². The van der Waals surface area contributed by atoms with Gasteiger partial charge in [0.2, 0.25) is 0 Å². The van der Waals surface area contributed by atoms with Crippen LogP contribution in [0.3, 0.4) is 0 Å². The molecule has 0 spiro atoms. The number of nitriles is 1. The van der Waals surface area contributed by atoms with Gasteiger partial charge in [-0.1, -0.05) is 30.4 Å². The highest BCUT2D eigenvalue weighted by atomic mass is 32.1. The van der Waals surface area contributed by atoms with Gasteiger partial charge in [0, 0.05) is 11.9 Å². The lowest BCUT2D eigenvalue weighted by atomic mass is 10.3. The minimum Gasteiger partial charge on any atom is -0.389 e. The van der Waals surface area contributed by atoms with E-state index in [-0.39, 0.29) is 10.6 Å². The van der Waals surface area contributed by atoms with Crippen LogP contribution in [0.1, 0.15) is 0 Å². The first kappa shape index (κ1) is 10.2. The molecule has 0 saturated heterocycles. The Morgan fingerprint density at radius 2 is 2.07 bits per heavy atom. The van der Waals surface area contributed by atoms with Crippen molar-refractivity contribution in [3.8, 4) is 6.07 Å². The summed E-state index contributed by atoms with van der Waals surface area (Å²) < 4.78 is 0. The van der Waals surface area contributed by atoms with Gasteiger partial charge < -0.3 is 11.1 Å². The Hall–Kier alpha value is -1.86. The van der Waals surface area contributed by atoms with Gasteiger partial charge in [-0.2, -0.15) is 5.26 Å². The number of anilines is 1. The molecular weight excluding hydrogens is 194 g/mol. The Bertz CT molecular complexity index is 390. The molecule has 14 heavy (non-hydrogen) atoms. The summed E-state index contributed by atoms with van der Waals surface area (Å²) >= 11 is 4.68. The van der Waals surface area contributed by atoms with Crippen molar-refractivity contribution in [1.29, 1.82) is 5.26 Å². The van der Waals surface area contributed by atoms with Crippen LogP contribution in [-0.4, -0.2) is 4.99 Å². The second-order valence-corrected chi connectivity index (χ2v) is 2.98. The lowest BCUT2D eigenvalue weighted by Gasteiger charge is -2.00. The molecule has 0 aliphatic rings. The van der Waals surface area contributed by atoms with Crippen molar-refractivity contribution >= 4 is 22.9 Å². The molecule has 0 fully saturated rings. The Morgan fingerprint density at radius 3 is 2.57 bits per heavy atom. The monoisotopic (exact) mass is 203 g/mol. The van der Waals surface area contributed by atoms with Gasteiger partial charge in [0.15, 0.2) is 0 Å². The molecule has 1 rings (SSSR count). The molecule has 0 aliphatic heterocycles. The van der Waals surface area contributed by atoms with Crippen molar-refractivity contribution in [3.63, 3.8) is 0 Å². The third-order valence-electron chi connectivity index (χ3n) is 1.54. The molecule has 70 valence electrons. The molecule has 4 heteroatoms. The van der Waals surface area contributed by atoms with E-state index in [9.17, 15) is 0 Å². The minimum absolute atomic E-state index is 0.0935. The van der Waals surface area contributed by atoms with Gasteiger partial charge in [-0.25, -0.2) is 0 Å². The number of hydrogen-bond acceptors (Lipinski definition) is 3. The number of benzene rings is 1. The Labute approximate surface area is 87.8 Å². The fourth-order valence-corrected chi connectivity index (χ4v) is 0.953. The van der Waals surface area contributed by atoms with E-state index in [4.69, 9.17) is 11.0 Å². The van der Waals surface area contributed by atoms with E-state index in [0.29, 0.717) is 0 Å². The zero-order valence-corrected chi connectivity index (χ0v) is 8.21. The van der Waals surface area contributed by atoms with Gasteiger partial charge in [-0.3, -0.25) is 0 Å². The van der Waals surface area contributed by atoms with Crippen LogP contribution in [0.5, 0.6) is 0 Å². The Kier molecular flexibility index (Phi) is 3.65. The molecule has 0 aliphatic carbocycles. The van der Waals surface area contributed by atoms with E-state index in [1.54, 1.807) is 0 Å². The van der Waals surface area contributed by atoms with Gasteiger partial charge in [0.25, 0.3) is 0 Å². The molecule has 0 amide bonds. The summed E-state index contributed by atoms with van der Waals surface area (Å²) in [5, 5.41) is 11.6. The number of hydrogen-bond donors (Lipinski definition) is 2. The molecule has 0 unspecified atom stereocenters. The third-order valence-corrected chi connectivity index (χ3v) is 1.76. The van der Waals surface area contributed by atoms with Crippen LogP contribution in [0.25, 0.3) is 0 Å². The fourth-order valence-electron chi connectivity index (χ4n) is 0.848. The zero-order valence-electron chi connectivity index (χ0n) is 7.40. The molecule has 0 radical (unpaired) electrons. The SMILES string of the molecule is N#CC(=CNc1ccccc1)C(N)=S. The average Bonchev–Trinajstić information content (AvgIpc) is 2.20. The van der Waals surface area contributed by atoms with Crippen molar-refractivity contribution in [1.82, 2.24) is 0 Å². The van der Waals surface area contributed by atoms with Crippen LogP contribution in [0, 0.1) is 11.3 Å². The summed E-state index contributed by atoms with van der Waals surface area (Å²) in [5.74, 6) is 0. The molecule has 1 aromatic rings. The number of rotatable bonds is 3. The molecule has 3 N–H and O–H groups in total. The lowest BCUT2D eigenvalue weighted by Crippen LogP contribution is -2.11. The van der Waals surface area contributed by atoms with E-state index >= 15 is 0 Å². The van der Waals surface area contributed by atoms with Crippen LogP contribution in [-0.2, 0) is 0 Å². The highest BCUT2D eigenvalue weighted by molar-refractivity contribution is 7.80. The van der Waals surface area contributed by atoms with Crippen molar-refractivity contribution < 1.29 is 0 Å². The number of para-hydroxylation sites is 1. The number of nitrogens with one attached hydrogen (secondary N) is 1. The van der Waals surface area contributed by atoms with E-state index in [0.717, 1.165) is 5.69 Å². The molecule has 0 aromatic heterocycles. The smallest absolute Gasteiger partial charge is 0.116 e. The van der Waals surface area contributed by atoms with Crippen molar-refractivity contribution in [2.75, 3.05) is 5.32 Å². The molecule has 3 nitrogen and oxygen atoms in total. The summed E-state index contributed by atoms with van der Waals surface area (Å²) in [6, 6.07) is 11.4. The van der Waals surface area contributed by atoms with Gasteiger partial charge >= 0.3 is 0 Å². The highest BCUT2D eigenvalue weighted by Gasteiger charge is 1.97. The van der Waals surface area contributed by atoms with Gasteiger partial charge in [0.05, 0.1) is 0 Å². The van der Waals surface area contributed by atoms with E-state index in [1.165, 1.54) is 6.20 Å². The Balaban J connectivity index is 2.73. The molecule has 0 heterocycles. The van der Waals surface area contributed by atoms with Crippen LogP contribution >= 0.6 is 12.2 Å². The van der Waals surface area contributed by atoms with E-state index in [1.807, 2.05) is 36.4 Å². The molecule has 0 bridgehead atoms. The standard InChI is InChI=1S/C10H9N3S/c11-6-8(10(12)14)7-13-9-4-2-1-3-5-9/h1-5,7,13H,(H2,12,14). The van der Waals surface area contributed by atoms with E-state index in [2.05, 4.69) is 17.5 Å². The largest absolute Gasteiger partial charge is 0.389 e. The summed E-state index contributed by atoms with van der Waals surface area (Å²) in [6.45, 7) is 0. The predicted molar refractivity (Wildman–Crippen MR) is 60.5 cm³/mol. The number of thiocarbonyl (C=S) groups is 1. The highest BCUT2D eigenvalue weighted by Crippen LogP contribution is 2.05. The predicted octanol–water partition coefficient (Wildman–Crippen LogP) is 1.79.